The lowest BCUT2D eigenvalue weighted by atomic mass is 10.4. The molecule has 0 aliphatic rings. The molecule has 0 saturated heterocycles. The van der Waals surface area contributed by atoms with Crippen LogP contribution in [0.1, 0.15) is 0 Å². The fraction of sp³-hybridized carbons (Fsp3) is 0. The Labute approximate surface area is 158 Å². The van der Waals surface area contributed by atoms with Crippen molar-refractivity contribution in [2.75, 3.05) is 0 Å². The second-order valence-corrected chi connectivity index (χ2v) is 11.2. The zero-order valence-corrected chi connectivity index (χ0v) is 15.6. The predicted octanol–water partition coefficient (Wildman–Crippen LogP) is 5.30. The van der Waals surface area contributed by atoms with Crippen molar-refractivity contribution in [3.8, 4) is 11.5 Å². The van der Waals surface area contributed by atoms with E-state index in [1.165, 1.54) is 28.9 Å². The quantitative estimate of drug-likeness (QED) is 0.229. The van der Waals surface area contributed by atoms with Crippen LogP contribution in [0.3, 0.4) is 0 Å². The summed E-state index contributed by atoms with van der Waals surface area (Å²) in [6.45, 7) is 0. The number of fused-ring (bicyclic) bond motifs is 1. The third kappa shape index (κ3) is 5.49. The topological polar surface area (TPSA) is 103 Å². The van der Waals surface area contributed by atoms with Crippen molar-refractivity contribution in [1.82, 2.24) is 19.4 Å². The lowest BCUT2D eigenvalue weighted by Crippen LogP contribution is -1.98. The van der Waals surface area contributed by atoms with Crippen molar-refractivity contribution < 1.29 is 13.9 Å². The molecule has 25 heavy (non-hydrogen) atoms. The van der Waals surface area contributed by atoms with Gasteiger partial charge in [0.15, 0.2) is 5.82 Å². The molecule has 0 amide bonds. The lowest BCUT2D eigenvalue weighted by Gasteiger charge is -2.01. The van der Waals surface area contributed by atoms with Gasteiger partial charge in [-0.3, -0.25) is 19.1 Å². The van der Waals surface area contributed by atoms with Gasteiger partial charge in [0.25, 0.3) is 0 Å². The third-order valence-corrected chi connectivity index (χ3v) is 2.90. The van der Waals surface area contributed by atoms with Gasteiger partial charge in [0.05, 0.1) is 11.1 Å². The van der Waals surface area contributed by atoms with E-state index in [2.05, 4.69) is 48.7 Å². The largest absolute Gasteiger partial charge is 0.339 e. The minimum absolute atomic E-state index is 0.124. The summed E-state index contributed by atoms with van der Waals surface area (Å²) in [5.41, 5.74) is 0.492. The fourth-order valence-electron chi connectivity index (χ4n) is 1.72. The van der Waals surface area contributed by atoms with Gasteiger partial charge in [-0.1, -0.05) is 11.6 Å². The van der Waals surface area contributed by atoms with Gasteiger partial charge >= 0.3 is 10.9 Å². The van der Waals surface area contributed by atoms with Crippen LogP contribution in [-0.2, 0) is 4.57 Å². The van der Waals surface area contributed by atoms with E-state index < -0.39 is 21.6 Å². The predicted molar refractivity (Wildman–Crippen MR) is 93.0 cm³/mol. The molecule has 3 aromatic rings. The Balaban J connectivity index is 0.000000399. The average Bonchev–Trinajstić information content (AvgIpc) is 2.87. The standard InChI is InChI=1S/C11H5ClFN5O2.Cl3OP/c12-10-7(18(19)20)3-15-11(16-10)8-4-14-9-2-1-6(13)5-17(8)9;1-5(2,3)4/h1-5H;. The number of hydrogen-bond acceptors (Lipinski definition) is 6. The molecular weight excluding hydrogens is 442 g/mol. The van der Waals surface area contributed by atoms with Gasteiger partial charge in [-0.05, 0) is 45.9 Å². The number of nitrogens with zero attached hydrogens (tertiary/aromatic N) is 5. The van der Waals surface area contributed by atoms with Gasteiger partial charge in [-0.15, -0.1) is 0 Å². The Morgan fingerprint density at radius 2 is 1.84 bits per heavy atom. The second kappa shape index (κ2) is 7.80. The molecule has 0 fully saturated rings. The highest BCUT2D eigenvalue weighted by molar-refractivity contribution is 8.24. The summed E-state index contributed by atoms with van der Waals surface area (Å²) in [4.78, 5) is 21.7. The van der Waals surface area contributed by atoms with Crippen LogP contribution in [0.4, 0.5) is 10.1 Å². The molecule has 132 valence electrons. The summed E-state index contributed by atoms with van der Waals surface area (Å²) >= 11 is 19.6. The number of aromatic nitrogens is 4. The zero-order valence-electron chi connectivity index (χ0n) is 11.7. The van der Waals surface area contributed by atoms with Crippen LogP contribution in [0.5, 0.6) is 0 Å². The highest BCUT2D eigenvalue weighted by Crippen LogP contribution is 2.61. The Hall–Kier alpha value is -1.51. The zero-order chi connectivity index (χ0) is 18.8. The molecule has 0 N–H and O–H groups in total. The van der Waals surface area contributed by atoms with Gasteiger partial charge in [0.2, 0.25) is 5.15 Å². The number of hydrogen-bond donors (Lipinski definition) is 0. The first-order chi connectivity index (χ1) is 11.6. The van der Waals surface area contributed by atoms with E-state index in [0.29, 0.717) is 11.3 Å². The number of nitro groups is 1. The van der Waals surface area contributed by atoms with Gasteiger partial charge < -0.3 is 0 Å². The molecule has 0 aliphatic heterocycles. The van der Waals surface area contributed by atoms with Gasteiger partial charge in [0, 0.05) is 6.20 Å². The summed E-state index contributed by atoms with van der Waals surface area (Å²) in [6, 6.07) is 2.77. The minimum Gasteiger partial charge on any atom is -0.294 e. The monoisotopic (exact) mass is 445 g/mol. The number of pyridine rings is 1. The van der Waals surface area contributed by atoms with Crippen LogP contribution in [0.25, 0.3) is 17.2 Å². The molecule has 14 heteroatoms. The Morgan fingerprint density at radius 3 is 2.40 bits per heavy atom. The van der Waals surface area contributed by atoms with E-state index >= 15 is 0 Å². The van der Waals surface area contributed by atoms with E-state index in [0.717, 1.165) is 6.20 Å². The van der Waals surface area contributed by atoms with Crippen LogP contribution in [0, 0.1) is 15.9 Å². The molecule has 0 unspecified atom stereocenters. The van der Waals surface area contributed by atoms with Crippen molar-refractivity contribution >= 4 is 61.9 Å². The van der Waals surface area contributed by atoms with Gasteiger partial charge in [-0.2, -0.15) is 0 Å². The molecule has 3 rings (SSSR count). The molecule has 0 radical (unpaired) electrons. The van der Waals surface area contributed by atoms with E-state index in [1.54, 1.807) is 0 Å². The lowest BCUT2D eigenvalue weighted by molar-refractivity contribution is -0.385. The first-order valence-electron chi connectivity index (χ1n) is 6.05. The first-order valence-corrected chi connectivity index (χ1v) is 10.8. The summed E-state index contributed by atoms with van der Waals surface area (Å²) in [7, 11) is 0. The van der Waals surface area contributed by atoms with Crippen molar-refractivity contribution in [1.29, 1.82) is 0 Å². The second-order valence-electron chi connectivity index (χ2n) is 4.24. The van der Waals surface area contributed by atoms with Gasteiger partial charge in [0.1, 0.15) is 23.4 Å². The Kier molecular flexibility index (Phi) is 6.18. The minimum atomic E-state index is -3.22. The molecule has 0 bridgehead atoms. The highest BCUT2D eigenvalue weighted by atomic mass is 36.0. The van der Waals surface area contributed by atoms with Crippen LogP contribution in [0.15, 0.2) is 30.7 Å². The average molecular weight is 447 g/mol. The number of rotatable bonds is 2. The van der Waals surface area contributed by atoms with Crippen LogP contribution in [0.2, 0.25) is 5.15 Å². The van der Waals surface area contributed by atoms with Crippen molar-refractivity contribution in [3.05, 3.63) is 51.8 Å². The fourth-order valence-corrected chi connectivity index (χ4v) is 1.92. The normalized spacial score (nSPS) is 11.1. The van der Waals surface area contributed by atoms with E-state index in [-0.39, 0.29) is 11.0 Å². The van der Waals surface area contributed by atoms with Crippen molar-refractivity contribution in [2.45, 2.75) is 0 Å². The van der Waals surface area contributed by atoms with E-state index in [9.17, 15) is 19.1 Å². The molecule has 0 atom stereocenters. The van der Waals surface area contributed by atoms with Crippen molar-refractivity contribution in [2.24, 2.45) is 0 Å². The van der Waals surface area contributed by atoms with E-state index in [1.807, 2.05) is 0 Å². The molecule has 3 heterocycles. The first kappa shape index (κ1) is 19.8. The molecule has 0 spiro atoms. The maximum Gasteiger partial charge on any atom is 0.339 e. The summed E-state index contributed by atoms with van der Waals surface area (Å²) in [6.07, 6.45) is 3.66. The molecular formula is C11H5Cl4FN5O3P. The van der Waals surface area contributed by atoms with E-state index in [4.69, 9.17) is 11.6 Å². The smallest absolute Gasteiger partial charge is 0.294 e. The molecule has 0 aromatic carbocycles. The van der Waals surface area contributed by atoms with Crippen LogP contribution >= 0.6 is 50.5 Å². The van der Waals surface area contributed by atoms with Crippen LogP contribution in [-0.4, -0.2) is 24.3 Å². The Morgan fingerprint density at radius 1 is 1.20 bits per heavy atom. The maximum atomic E-state index is 13.3. The highest BCUT2D eigenvalue weighted by Gasteiger charge is 2.17. The molecule has 3 aromatic heterocycles. The van der Waals surface area contributed by atoms with Crippen LogP contribution < -0.4 is 0 Å². The summed E-state index contributed by atoms with van der Waals surface area (Å²) in [5.74, 6) is -0.330. The summed E-state index contributed by atoms with van der Waals surface area (Å²) in [5, 5.41) is 7.14. The maximum absolute atomic E-state index is 13.3. The number of halogens is 5. The van der Waals surface area contributed by atoms with Gasteiger partial charge in [-0.25, -0.2) is 19.3 Å². The SMILES string of the molecule is O=P(Cl)(Cl)Cl.O=[N+]([O-])c1cnc(-c2cnc3ccc(F)cn23)nc1Cl. The summed E-state index contributed by atoms with van der Waals surface area (Å²) < 4.78 is 24.2. The Bertz CT molecular complexity index is 987. The number of imidazole rings is 1. The van der Waals surface area contributed by atoms with Crippen molar-refractivity contribution in [3.63, 3.8) is 0 Å². The molecule has 0 saturated carbocycles. The third-order valence-electron chi connectivity index (χ3n) is 2.62. The molecule has 0 aliphatic carbocycles. The molecule has 8 nitrogen and oxygen atoms in total.